The lowest BCUT2D eigenvalue weighted by atomic mass is 9.96. The summed E-state index contributed by atoms with van der Waals surface area (Å²) in [6.07, 6.45) is 2.66. The van der Waals surface area contributed by atoms with Crippen molar-refractivity contribution in [2.75, 3.05) is 13.2 Å². The van der Waals surface area contributed by atoms with E-state index in [0.29, 0.717) is 24.4 Å². The molecule has 4 nitrogen and oxygen atoms in total. The van der Waals surface area contributed by atoms with E-state index < -0.39 is 20.7 Å². The Bertz CT molecular complexity index is 501. The highest BCUT2D eigenvalue weighted by Gasteiger charge is 2.41. The smallest absolute Gasteiger partial charge is 0.192 e. The van der Waals surface area contributed by atoms with Gasteiger partial charge in [-0.3, -0.25) is 4.79 Å². The third-order valence-electron chi connectivity index (χ3n) is 4.38. The van der Waals surface area contributed by atoms with Crippen LogP contribution in [0.1, 0.15) is 28.6 Å². The van der Waals surface area contributed by atoms with Crippen LogP contribution in [-0.2, 0) is 18.7 Å². The highest BCUT2D eigenvalue weighted by atomic mass is 28.4. The Morgan fingerprint density at radius 2 is 1.95 bits per heavy atom. The average molecular weight is 311 g/mol. The van der Waals surface area contributed by atoms with Gasteiger partial charge in [0.25, 0.3) is 0 Å². The molecule has 0 N–H and O–H groups in total. The first-order valence-electron chi connectivity index (χ1n) is 7.89. The molecule has 0 aromatic heterocycles. The molecule has 21 heavy (non-hydrogen) atoms. The van der Waals surface area contributed by atoms with Crippen LogP contribution < -0.4 is 0 Å². The molecule has 1 heterocycles. The van der Waals surface area contributed by atoms with E-state index in [1.54, 1.807) is 12.2 Å². The van der Waals surface area contributed by atoms with Crippen LogP contribution in [0, 0.1) is 0 Å². The lowest BCUT2D eigenvalue weighted by molar-refractivity contribution is -0.105. The summed E-state index contributed by atoms with van der Waals surface area (Å²) >= 11 is 0. The molecule has 1 atom stereocenters. The van der Waals surface area contributed by atoms with Crippen LogP contribution >= 0.6 is 0 Å². The third kappa shape index (κ3) is 3.72. The molecule has 1 aliphatic heterocycles. The molecule has 0 aromatic carbocycles. The molecule has 2 rings (SSSR count). The Kier molecular flexibility index (Phi) is 4.45. The largest absolute Gasteiger partial charge is 0.410 e. The summed E-state index contributed by atoms with van der Waals surface area (Å²) in [6.45, 7) is 11.6. The van der Waals surface area contributed by atoms with Crippen LogP contribution in [-0.4, -0.2) is 40.2 Å². The highest BCUT2D eigenvalue weighted by Crippen LogP contribution is 2.40. The van der Waals surface area contributed by atoms with Gasteiger partial charge in [0.1, 0.15) is 6.29 Å². The predicted octanol–water partition coefficient (Wildman–Crippen LogP) is 3.21. The van der Waals surface area contributed by atoms with Crippen molar-refractivity contribution in [1.29, 1.82) is 0 Å². The minimum Gasteiger partial charge on any atom is -0.410 e. The van der Waals surface area contributed by atoms with Gasteiger partial charge in [-0.2, -0.15) is 0 Å². The van der Waals surface area contributed by atoms with Gasteiger partial charge in [0.2, 0.25) is 0 Å². The fourth-order valence-corrected chi connectivity index (χ4v) is 3.13. The van der Waals surface area contributed by atoms with Crippen LogP contribution in [0.2, 0.25) is 18.1 Å². The summed E-state index contributed by atoms with van der Waals surface area (Å²) in [7, 11) is -2.18. The van der Waals surface area contributed by atoms with E-state index in [-0.39, 0.29) is 11.5 Å². The summed E-state index contributed by atoms with van der Waals surface area (Å²) in [4.78, 5) is 11.2. The molecule has 1 fully saturated rings. The topological polar surface area (TPSA) is 44.8 Å². The fourth-order valence-electron chi connectivity index (χ4n) is 2.02. The van der Waals surface area contributed by atoms with Crippen LogP contribution in [0.5, 0.6) is 0 Å². The summed E-state index contributed by atoms with van der Waals surface area (Å²) in [5, 5.41) is -0.0218. The second kappa shape index (κ2) is 6.16. The molecule has 118 valence electrons. The number of hydrogen-bond donors (Lipinski definition) is 0. The first kappa shape index (κ1) is 15.2. The Morgan fingerprint density at radius 3 is 2.48 bits per heavy atom. The SMILES string of the molecule is [2H]C1(O[Si](C)(C)C(C)(C)C)CC(C=O)=CC=C1C1OCCO1. The van der Waals surface area contributed by atoms with Gasteiger partial charge in [0.15, 0.2) is 14.6 Å². The molecule has 0 radical (unpaired) electrons. The molecule has 1 aliphatic carbocycles. The van der Waals surface area contributed by atoms with Gasteiger partial charge in [0, 0.05) is 12.0 Å². The van der Waals surface area contributed by atoms with Gasteiger partial charge in [0.05, 0.1) is 20.7 Å². The highest BCUT2D eigenvalue weighted by molar-refractivity contribution is 6.74. The molecule has 1 unspecified atom stereocenters. The summed E-state index contributed by atoms with van der Waals surface area (Å²) in [5.41, 5.74) is 1.22. The van der Waals surface area contributed by atoms with Gasteiger partial charge in [-0.15, -0.1) is 0 Å². The molecule has 0 amide bonds. The molecule has 0 bridgehead atoms. The van der Waals surface area contributed by atoms with Crippen LogP contribution in [0.25, 0.3) is 0 Å². The lowest BCUT2D eigenvalue weighted by Gasteiger charge is -2.41. The second-order valence-corrected chi connectivity index (χ2v) is 11.7. The molecule has 0 aromatic rings. The molecule has 0 saturated carbocycles. The number of carbonyl (C=O) groups is 1. The van der Waals surface area contributed by atoms with Crippen LogP contribution in [0.3, 0.4) is 0 Å². The van der Waals surface area contributed by atoms with Gasteiger partial charge >= 0.3 is 0 Å². The Labute approximate surface area is 129 Å². The van der Waals surface area contributed by atoms with Gasteiger partial charge in [-0.25, -0.2) is 0 Å². The van der Waals surface area contributed by atoms with E-state index in [4.69, 9.17) is 15.3 Å². The normalized spacial score (nSPS) is 28.9. The van der Waals surface area contributed by atoms with E-state index in [2.05, 4.69) is 33.9 Å². The minimum absolute atomic E-state index is 0.0218. The van der Waals surface area contributed by atoms with Crippen molar-refractivity contribution in [1.82, 2.24) is 0 Å². The van der Waals surface area contributed by atoms with Crippen molar-refractivity contribution in [2.45, 2.75) is 57.7 Å². The van der Waals surface area contributed by atoms with E-state index in [1.807, 2.05) is 0 Å². The van der Waals surface area contributed by atoms with E-state index in [9.17, 15) is 4.79 Å². The molecule has 1 saturated heterocycles. The Hall–Kier alpha value is -0.753. The summed E-state index contributed by atoms with van der Waals surface area (Å²) < 4.78 is 26.4. The minimum atomic E-state index is -2.18. The number of rotatable bonds is 4. The standard InChI is InChI=1S/C16H26O4Si/c1-16(2,3)21(4,5)20-14-10-12(11-17)6-7-13(14)15-18-8-9-19-15/h6-7,11,14-15H,8-10H2,1-5H3/i14D. The summed E-state index contributed by atoms with van der Waals surface area (Å²) in [5.74, 6) is 0. The quantitative estimate of drug-likeness (QED) is 0.591. The van der Waals surface area contributed by atoms with Crippen LogP contribution in [0.4, 0.5) is 0 Å². The number of aldehydes is 1. The zero-order valence-electron chi connectivity index (χ0n) is 14.6. The first-order chi connectivity index (χ1) is 10.1. The van der Waals surface area contributed by atoms with Crippen molar-refractivity contribution in [3.63, 3.8) is 0 Å². The summed E-state index contributed by atoms with van der Waals surface area (Å²) in [6, 6.07) is 0. The van der Waals surface area contributed by atoms with Crippen LogP contribution in [0.15, 0.2) is 23.3 Å². The molecule has 0 spiro atoms. The van der Waals surface area contributed by atoms with E-state index in [1.165, 1.54) is 0 Å². The molecular weight excluding hydrogens is 284 g/mol. The van der Waals surface area contributed by atoms with Gasteiger partial charge in [-0.1, -0.05) is 32.9 Å². The maximum absolute atomic E-state index is 11.2. The molecule has 5 heteroatoms. The number of carbonyl (C=O) groups excluding carboxylic acids is 1. The second-order valence-electron chi connectivity index (χ2n) is 7.02. The maximum Gasteiger partial charge on any atom is 0.192 e. The lowest BCUT2D eigenvalue weighted by Crippen LogP contribution is -2.46. The van der Waals surface area contributed by atoms with Crippen molar-refractivity contribution in [3.05, 3.63) is 23.3 Å². The van der Waals surface area contributed by atoms with Crippen molar-refractivity contribution in [3.8, 4) is 0 Å². The average Bonchev–Trinajstić information content (AvgIpc) is 2.89. The number of ether oxygens (including phenoxy) is 2. The molecule has 2 aliphatic rings. The Balaban J connectivity index is 2.34. The zero-order chi connectivity index (χ0) is 16.6. The van der Waals surface area contributed by atoms with E-state index in [0.717, 1.165) is 6.29 Å². The van der Waals surface area contributed by atoms with Gasteiger partial charge < -0.3 is 13.9 Å². The molecular formula is C16H26O4Si. The number of allylic oxidation sites excluding steroid dienone is 2. The van der Waals surface area contributed by atoms with Crippen molar-refractivity contribution < 1.29 is 20.1 Å². The Morgan fingerprint density at radius 1 is 1.33 bits per heavy atom. The van der Waals surface area contributed by atoms with Gasteiger partial charge in [-0.05, 0) is 23.7 Å². The van der Waals surface area contributed by atoms with Crippen molar-refractivity contribution in [2.24, 2.45) is 0 Å². The zero-order valence-corrected chi connectivity index (χ0v) is 14.6. The third-order valence-corrected chi connectivity index (χ3v) is 8.74. The van der Waals surface area contributed by atoms with E-state index >= 15 is 0 Å². The fraction of sp³-hybridized carbons (Fsp3) is 0.688. The monoisotopic (exact) mass is 311 g/mol. The predicted molar refractivity (Wildman–Crippen MR) is 84.6 cm³/mol. The number of hydrogen-bond acceptors (Lipinski definition) is 4. The maximum atomic E-state index is 11.2. The van der Waals surface area contributed by atoms with Crippen molar-refractivity contribution >= 4 is 14.6 Å². The first-order valence-corrected chi connectivity index (χ1v) is 10.3.